The zero-order valence-electron chi connectivity index (χ0n) is 30.8. The number of nitrogens with zero attached hydrogens (tertiary/aromatic N) is 6. The number of ether oxygens (including phenoxy) is 1. The minimum atomic E-state index is 0.288. The van der Waals surface area contributed by atoms with Gasteiger partial charge in [-0.2, -0.15) is 0 Å². The van der Waals surface area contributed by atoms with Crippen molar-refractivity contribution in [3.8, 4) is 5.75 Å². The largest absolute Gasteiger partial charge is 0.507 e. The molecule has 5 rings (SSSR count). The molecule has 1 aromatic carbocycles. The summed E-state index contributed by atoms with van der Waals surface area (Å²) in [5.41, 5.74) is 7.57. The van der Waals surface area contributed by atoms with Crippen LogP contribution in [0.4, 0.5) is 0 Å². The highest BCUT2D eigenvalue weighted by molar-refractivity contribution is 5.44. The molecule has 0 fully saturated rings. The van der Waals surface area contributed by atoms with E-state index in [1.807, 2.05) is 97.6 Å². The van der Waals surface area contributed by atoms with Crippen molar-refractivity contribution in [1.29, 1.82) is 0 Å². The zero-order valence-corrected chi connectivity index (χ0v) is 30.8. The van der Waals surface area contributed by atoms with E-state index in [9.17, 15) is 5.11 Å². The molecule has 276 valence electrons. The predicted molar refractivity (Wildman–Crippen MR) is 210 cm³/mol. The number of pyridine rings is 4. The van der Waals surface area contributed by atoms with E-state index in [0.29, 0.717) is 51.7 Å². The minimum absolute atomic E-state index is 0.288. The smallest absolute Gasteiger partial charge is 0.178 e. The average Bonchev–Trinajstić information content (AvgIpc) is 3.18. The van der Waals surface area contributed by atoms with Gasteiger partial charge in [0.15, 0.2) is 5.88 Å². The summed E-state index contributed by atoms with van der Waals surface area (Å²) in [5, 5.41) is 18.7. The third-order valence-corrected chi connectivity index (χ3v) is 8.83. The molecule has 4 heterocycles. The average molecular weight is 713 g/mol. The Bertz CT molecular complexity index is 1630. The van der Waals surface area contributed by atoms with E-state index in [1.165, 1.54) is 0 Å². The van der Waals surface area contributed by atoms with Crippen molar-refractivity contribution in [1.82, 2.24) is 40.4 Å². The molecule has 0 radical (unpaired) electrons. The summed E-state index contributed by atoms with van der Waals surface area (Å²) in [6, 6.07) is 28.1. The quantitative estimate of drug-likeness (QED) is 0.0473. The molecule has 10 heteroatoms. The minimum Gasteiger partial charge on any atom is -0.507 e. The lowest BCUT2D eigenvalue weighted by molar-refractivity contribution is 0.231. The third kappa shape index (κ3) is 13.5. The standard InChI is InChI=1S/C43H52N8O2/c1-34(15-5-4-10-20-44-35(2)53-3)49-27-36-25-37(28-50(30-39-16-6-11-21-45-39)31-40-17-7-12-22-46-40)43(52)38(26-36)29-51(32-41-18-8-13-23-47-41)33-42-19-9-14-24-48-42/h6-9,11-14,16-19,21-26,44,49,52H,1-2,4-5,10,15,20,27-33H2,3H3. The summed E-state index contributed by atoms with van der Waals surface area (Å²) in [4.78, 5) is 23.0. The van der Waals surface area contributed by atoms with Crippen LogP contribution < -0.4 is 10.6 Å². The molecule has 10 nitrogen and oxygen atoms in total. The Labute approximate surface area is 314 Å². The lowest BCUT2D eigenvalue weighted by Crippen LogP contribution is -2.25. The lowest BCUT2D eigenvalue weighted by atomic mass is 10.0. The van der Waals surface area contributed by atoms with Gasteiger partial charge < -0.3 is 20.5 Å². The number of rotatable bonds is 23. The van der Waals surface area contributed by atoms with Crippen LogP contribution in [0.5, 0.6) is 5.75 Å². The number of benzene rings is 1. The van der Waals surface area contributed by atoms with Crippen LogP contribution >= 0.6 is 0 Å². The lowest BCUT2D eigenvalue weighted by Gasteiger charge is -2.26. The number of unbranched alkanes of at least 4 members (excludes halogenated alkanes) is 2. The first-order chi connectivity index (χ1) is 25.9. The molecule has 5 aromatic rings. The number of nitrogens with one attached hydrogen (secondary N) is 2. The van der Waals surface area contributed by atoms with Crippen molar-refractivity contribution in [2.75, 3.05) is 13.7 Å². The number of aromatic hydroxyl groups is 1. The molecule has 4 aromatic heterocycles. The summed E-state index contributed by atoms with van der Waals surface area (Å²) in [7, 11) is 1.62. The van der Waals surface area contributed by atoms with Crippen LogP contribution in [0.1, 0.15) is 65.1 Å². The number of allylic oxidation sites excluding steroid dienone is 1. The highest BCUT2D eigenvalue weighted by Gasteiger charge is 2.19. The van der Waals surface area contributed by atoms with E-state index in [-0.39, 0.29) is 5.75 Å². The van der Waals surface area contributed by atoms with Crippen molar-refractivity contribution in [3.63, 3.8) is 0 Å². The molecule has 3 N–H and O–H groups in total. The first kappa shape index (κ1) is 38.6. The fourth-order valence-corrected chi connectivity index (χ4v) is 6.13. The highest BCUT2D eigenvalue weighted by atomic mass is 16.5. The van der Waals surface area contributed by atoms with Gasteiger partial charge >= 0.3 is 0 Å². The van der Waals surface area contributed by atoms with Gasteiger partial charge in [0.25, 0.3) is 0 Å². The zero-order chi connectivity index (χ0) is 37.1. The summed E-state index contributed by atoms with van der Waals surface area (Å²) >= 11 is 0. The van der Waals surface area contributed by atoms with Crippen LogP contribution in [0, 0.1) is 0 Å². The molecule has 0 unspecified atom stereocenters. The molecule has 0 atom stereocenters. The topological polar surface area (TPSA) is 112 Å². The molecule has 0 aliphatic rings. The first-order valence-corrected chi connectivity index (χ1v) is 18.2. The first-order valence-electron chi connectivity index (χ1n) is 18.2. The number of aromatic nitrogens is 4. The van der Waals surface area contributed by atoms with Crippen molar-refractivity contribution >= 4 is 0 Å². The Morgan fingerprint density at radius 3 is 1.47 bits per heavy atom. The van der Waals surface area contributed by atoms with Crippen molar-refractivity contribution in [2.24, 2.45) is 0 Å². The van der Waals surface area contributed by atoms with E-state index < -0.39 is 0 Å². The number of hydrogen-bond acceptors (Lipinski definition) is 10. The SMILES string of the molecule is C=C(CCCCCNC(=C)OC)NCc1cc(CN(Cc2ccccn2)Cc2ccccn2)c(O)c(CN(Cc2ccccn2)Cc2ccccn2)c1. The molecule has 0 aliphatic carbocycles. The fourth-order valence-electron chi connectivity index (χ4n) is 6.13. The van der Waals surface area contributed by atoms with E-state index >= 15 is 0 Å². The van der Waals surface area contributed by atoms with Crippen molar-refractivity contribution in [2.45, 2.75) is 71.5 Å². The second kappa shape index (κ2) is 21.1. The Hall–Kier alpha value is -5.58. The van der Waals surface area contributed by atoms with Crippen LogP contribution in [0.3, 0.4) is 0 Å². The Morgan fingerprint density at radius 2 is 1.08 bits per heavy atom. The normalized spacial score (nSPS) is 11.1. The van der Waals surface area contributed by atoms with Crippen LogP contribution in [0.25, 0.3) is 0 Å². The van der Waals surface area contributed by atoms with Gasteiger partial charge in [-0.25, -0.2) is 0 Å². The molecule has 0 saturated heterocycles. The number of hydrogen-bond donors (Lipinski definition) is 3. The van der Waals surface area contributed by atoms with Crippen molar-refractivity contribution in [3.05, 3.63) is 174 Å². The van der Waals surface area contributed by atoms with Gasteiger partial charge in [-0.05, 0) is 92.1 Å². The van der Waals surface area contributed by atoms with Crippen LogP contribution in [-0.2, 0) is 50.6 Å². The number of phenols is 1. The van der Waals surface area contributed by atoms with Gasteiger partial charge in [0.05, 0.1) is 29.9 Å². The second-order valence-corrected chi connectivity index (χ2v) is 13.2. The maximum absolute atomic E-state index is 12.0. The molecule has 0 aliphatic heterocycles. The van der Waals surface area contributed by atoms with Crippen LogP contribution in [0.15, 0.2) is 134 Å². The third-order valence-electron chi connectivity index (χ3n) is 8.83. The number of phenolic OH excluding ortho intramolecular Hbond substituents is 1. The second-order valence-electron chi connectivity index (χ2n) is 13.2. The van der Waals surface area contributed by atoms with E-state index in [1.54, 1.807) is 7.11 Å². The Kier molecular flexibility index (Phi) is 15.4. The van der Waals surface area contributed by atoms with Crippen LogP contribution in [-0.4, -0.2) is 48.5 Å². The van der Waals surface area contributed by atoms with Gasteiger partial charge in [-0.15, -0.1) is 0 Å². The van der Waals surface area contributed by atoms with Gasteiger partial charge in [-0.3, -0.25) is 29.7 Å². The van der Waals surface area contributed by atoms with Gasteiger partial charge in [0, 0.05) is 94.0 Å². The Balaban J connectivity index is 1.38. The monoisotopic (exact) mass is 712 g/mol. The van der Waals surface area contributed by atoms with E-state index in [2.05, 4.69) is 65.7 Å². The summed E-state index contributed by atoms with van der Waals surface area (Å²) in [6.07, 6.45) is 11.3. The summed E-state index contributed by atoms with van der Waals surface area (Å²) in [6.45, 7) is 13.0. The molecule has 0 saturated carbocycles. The van der Waals surface area contributed by atoms with Gasteiger partial charge in [-0.1, -0.05) is 37.3 Å². The fraction of sp³-hybridized carbons (Fsp3) is 0.302. The molecule has 53 heavy (non-hydrogen) atoms. The van der Waals surface area contributed by atoms with E-state index in [0.717, 1.165) is 77.4 Å². The highest BCUT2D eigenvalue weighted by Crippen LogP contribution is 2.29. The van der Waals surface area contributed by atoms with Gasteiger partial charge in [0.2, 0.25) is 0 Å². The van der Waals surface area contributed by atoms with Crippen molar-refractivity contribution < 1.29 is 9.84 Å². The molecular formula is C43H52N8O2. The molecule has 0 spiro atoms. The Morgan fingerprint density at radius 1 is 0.623 bits per heavy atom. The van der Waals surface area contributed by atoms with Gasteiger partial charge in [0.1, 0.15) is 5.75 Å². The molecular weight excluding hydrogens is 661 g/mol. The predicted octanol–water partition coefficient (Wildman–Crippen LogP) is 7.25. The number of methoxy groups -OCH3 is 1. The van der Waals surface area contributed by atoms with Crippen LogP contribution in [0.2, 0.25) is 0 Å². The molecule has 0 bridgehead atoms. The maximum Gasteiger partial charge on any atom is 0.178 e. The summed E-state index contributed by atoms with van der Waals surface area (Å²) in [5.74, 6) is 0.883. The van der Waals surface area contributed by atoms with E-state index in [4.69, 9.17) is 4.74 Å². The summed E-state index contributed by atoms with van der Waals surface area (Å²) < 4.78 is 5.08. The maximum atomic E-state index is 12.0. The molecule has 0 amide bonds.